The molecule has 0 aromatic heterocycles. The minimum absolute atomic E-state index is 0.484. The first-order valence-corrected chi connectivity index (χ1v) is 4.88. The minimum atomic E-state index is 0.484. The second-order valence-corrected chi connectivity index (χ2v) is 3.68. The minimum Gasteiger partial charge on any atom is -0.311 e. The summed E-state index contributed by atoms with van der Waals surface area (Å²) in [5.41, 5.74) is 1.38. The maximum atomic E-state index is 3.52. The number of nitrogens with one attached hydrogen (secondary N) is 2. The van der Waals surface area contributed by atoms with Crippen molar-refractivity contribution in [3.63, 3.8) is 0 Å². The van der Waals surface area contributed by atoms with E-state index in [1.165, 1.54) is 5.56 Å². The molecule has 2 rings (SSSR count). The predicted octanol–water partition coefficient (Wildman–Crippen LogP) is 1.31. The Morgan fingerprint density at radius 1 is 1.08 bits per heavy atom. The SMILES string of the molecule is C[C@@H]1CN[C@@H](c2ccccc2)CN1. The van der Waals surface area contributed by atoms with Crippen molar-refractivity contribution in [2.45, 2.75) is 19.0 Å². The van der Waals surface area contributed by atoms with E-state index in [0.717, 1.165) is 13.1 Å². The van der Waals surface area contributed by atoms with E-state index in [1.807, 2.05) is 0 Å². The number of hydrogen-bond donors (Lipinski definition) is 2. The van der Waals surface area contributed by atoms with E-state index in [4.69, 9.17) is 0 Å². The van der Waals surface area contributed by atoms with Gasteiger partial charge in [-0.15, -0.1) is 0 Å². The van der Waals surface area contributed by atoms with Gasteiger partial charge >= 0.3 is 0 Å². The molecule has 1 aliphatic heterocycles. The molecule has 13 heavy (non-hydrogen) atoms. The van der Waals surface area contributed by atoms with Crippen LogP contribution >= 0.6 is 0 Å². The topological polar surface area (TPSA) is 24.1 Å². The average Bonchev–Trinajstić information content (AvgIpc) is 2.20. The smallest absolute Gasteiger partial charge is 0.0447 e. The Hall–Kier alpha value is -0.860. The van der Waals surface area contributed by atoms with Gasteiger partial charge in [-0.1, -0.05) is 30.3 Å². The van der Waals surface area contributed by atoms with Gasteiger partial charge < -0.3 is 10.6 Å². The molecule has 0 saturated carbocycles. The van der Waals surface area contributed by atoms with Crippen LogP contribution in [0.5, 0.6) is 0 Å². The summed E-state index contributed by atoms with van der Waals surface area (Å²) in [4.78, 5) is 0. The summed E-state index contributed by atoms with van der Waals surface area (Å²) in [7, 11) is 0. The largest absolute Gasteiger partial charge is 0.311 e. The van der Waals surface area contributed by atoms with Gasteiger partial charge in [-0.2, -0.15) is 0 Å². The molecule has 0 bridgehead atoms. The van der Waals surface area contributed by atoms with Crippen molar-refractivity contribution >= 4 is 0 Å². The van der Waals surface area contributed by atoms with Crippen molar-refractivity contribution in [2.24, 2.45) is 0 Å². The van der Waals surface area contributed by atoms with Gasteiger partial charge in [-0.25, -0.2) is 0 Å². The first-order chi connectivity index (χ1) is 6.36. The number of piperazine rings is 1. The summed E-state index contributed by atoms with van der Waals surface area (Å²) in [5.74, 6) is 0. The van der Waals surface area contributed by atoms with Crippen molar-refractivity contribution in [3.8, 4) is 0 Å². The van der Waals surface area contributed by atoms with E-state index in [-0.39, 0.29) is 0 Å². The fraction of sp³-hybridized carbons (Fsp3) is 0.455. The van der Waals surface area contributed by atoms with Gasteiger partial charge in [0.1, 0.15) is 0 Å². The van der Waals surface area contributed by atoms with Gasteiger partial charge in [0.15, 0.2) is 0 Å². The molecular weight excluding hydrogens is 160 g/mol. The van der Waals surface area contributed by atoms with E-state index in [0.29, 0.717) is 12.1 Å². The highest BCUT2D eigenvalue weighted by Gasteiger charge is 2.17. The molecule has 0 radical (unpaired) electrons. The van der Waals surface area contributed by atoms with Crippen LogP contribution in [0.4, 0.5) is 0 Å². The lowest BCUT2D eigenvalue weighted by Gasteiger charge is -2.29. The van der Waals surface area contributed by atoms with E-state index in [1.54, 1.807) is 0 Å². The Morgan fingerprint density at radius 3 is 2.46 bits per heavy atom. The normalized spacial score (nSPS) is 28.7. The van der Waals surface area contributed by atoms with Crippen molar-refractivity contribution < 1.29 is 0 Å². The zero-order valence-corrected chi connectivity index (χ0v) is 7.96. The van der Waals surface area contributed by atoms with E-state index in [9.17, 15) is 0 Å². The average molecular weight is 176 g/mol. The lowest BCUT2D eigenvalue weighted by atomic mass is 10.0. The van der Waals surface area contributed by atoms with Crippen LogP contribution in [0.3, 0.4) is 0 Å². The molecule has 2 atom stereocenters. The molecule has 0 unspecified atom stereocenters. The molecular formula is C11H16N2. The van der Waals surface area contributed by atoms with E-state index >= 15 is 0 Å². The molecule has 0 amide bonds. The molecule has 2 nitrogen and oxygen atoms in total. The van der Waals surface area contributed by atoms with Crippen LogP contribution < -0.4 is 10.6 Å². The number of hydrogen-bond acceptors (Lipinski definition) is 2. The Kier molecular flexibility index (Phi) is 2.62. The van der Waals surface area contributed by atoms with E-state index in [2.05, 4.69) is 47.9 Å². The van der Waals surface area contributed by atoms with Gasteiger partial charge in [-0.05, 0) is 12.5 Å². The number of benzene rings is 1. The Morgan fingerprint density at radius 2 is 1.85 bits per heavy atom. The molecule has 0 spiro atoms. The zero-order valence-electron chi connectivity index (χ0n) is 7.96. The third-order valence-corrected chi connectivity index (χ3v) is 2.54. The maximum absolute atomic E-state index is 3.52. The standard InChI is InChI=1S/C11H16N2/c1-9-7-13-11(8-12-9)10-5-3-2-4-6-10/h2-6,9,11-13H,7-8H2,1H3/t9-,11-/m1/s1. The highest BCUT2D eigenvalue weighted by molar-refractivity contribution is 5.19. The van der Waals surface area contributed by atoms with Crippen molar-refractivity contribution in [1.29, 1.82) is 0 Å². The molecule has 2 N–H and O–H groups in total. The third kappa shape index (κ3) is 2.08. The van der Waals surface area contributed by atoms with Crippen LogP contribution in [-0.2, 0) is 0 Å². The zero-order chi connectivity index (χ0) is 9.10. The molecule has 0 aliphatic carbocycles. The predicted molar refractivity (Wildman–Crippen MR) is 54.7 cm³/mol. The van der Waals surface area contributed by atoms with Crippen LogP contribution in [0.2, 0.25) is 0 Å². The maximum Gasteiger partial charge on any atom is 0.0447 e. The molecule has 2 heteroatoms. The number of rotatable bonds is 1. The fourth-order valence-corrected chi connectivity index (χ4v) is 1.70. The summed E-state index contributed by atoms with van der Waals surface area (Å²) in [6.45, 7) is 4.29. The van der Waals surface area contributed by atoms with Crippen LogP contribution in [0.25, 0.3) is 0 Å². The quantitative estimate of drug-likeness (QED) is 0.674. The summed E-state index contributed by atoms with van der Waals surface area (Å²) in [6.07, 6.45) is 0. The van der Waals surface area contributed by atoms with Crippen LogP contribution in [0.15, 0.2) is 30.3 Å². The van der Waals surface area contributed by atoms with Crippen molar-refractivity contribution in [3.05, 3.63) is 35.9 Å². The molecule has 70 valence electrons. The van der Waals surface area contributed by atoms with Crippen molar-refractivity contribution in [2.75, 3.05) is 13.1 Å². The van der Waals surface area contributed by atoms with Crippen molar-refractivity contribution in [1.82, 2.24) is 10.6 Å². The lowest BCUT2D eigenvalue weighted by molar-refractivity contribution is 0.366. The summed E-state index contributed by atoms with van der Waals surface area (Å²) < 4.78 is 0. The Bertz CT molecular complexity index is 250. The third-order valence-electron chi connectivity index (χ3n) is 2.54. The molecule has 1 aliphatic rings. The second-order valence-electron chi connectivity index (χ2n) is 3.68. The van der Waals surface area contributed by atoms with Crippen LogP contribution in [-0.4, -0.2) is 19.1 Å². The molecule has 1 heterocycles. The van der Waals surface area contributed by atoms with Gasteiger partial charge in [-0.3, -0.25) is 0 Å². The van der Waals surface area contributed by atoms with Gasteiger partial charge in [0.05, 0.1) is 0 Å². The summed E-state index contributed by atoms with van der Waals surface area (Å²) >= 11 is 0. The fourth-order valence-electron chi connectivity index (χ4n) is 1.70. The Labute approximate surface area is 79.4 Å². The second kappa shape index (κ2) is 3.90. The molecule has 1 saturated heterocycles. The monoisotopic (exact) mass is 176 g/mol. The molecule has 1 aromatic rings. The molecule has 1 aromatic carbocycles. The lowest BCUT2D eigenvalue weighted by Crippen LogP contribution is -2.48. The Balaban J connectivity index is 2.03. The van der Waals surface area contributed by atoms with Crippen LogP contribution in [0, 0.1) is 0 Å². The first kappa shape index (κ1) is 8.73. The van der Waals surface area contributed by atoms with Crippen LogP contribution in [0.1, 0.15) is 18.5 Å². The molecule has 1 fully saturated rings. The highest BCUT2D eigenvalue weighted by Crippen LogP contribution is 2.13. The van der Waals surface area contributed by atoms with Gasteiger partial charge in [0, 0.05) is 25.2 Å². The van der Waals surface area contributed by atoms with E-state index < -0.39 is 0 Å². The highest BCUT2D eigenvalue weighted by atomic mass is 15.1. The van der Waals surface area contributed by atoms with Gasteiger partial charge in [0.2, 0.25) is 0 Å². The summed E-state index contributed by atoms with van der Waals surface area (Å²) in [6, 6.07) is 11.7. The summed E-state index contributed by atoms with van der Waals surface area (Å²) in [5, 5.41) is 6.99. The first-order valence-electron chi connectivity index (χ1n) is 4.88. The van der Waals surface area contributed by atoms with Gasteiger partial charge in [0.25, 0.3) is 0 Å².